The molecule has 2 aromatic heterocycles. The molecule has 0 aliphatic heterocycles. The fourth-order valence-corrected chi connectivity index (χ4v) is 3.22. The average molecular weight is 310 g/mol. The van der Waals surface area contributed by atoms with E-state index in [1.54, 1.807) is 23.6 Å². The van der Waals surface area contributed by atoms with Crippen molar-refractivity contribution in [2.75, 3.05) is 5.88 Å². The maximum Gasteiger partial charge on any atom is 0.125 e. The first kappa shape index (κ1) is 13.5. The molecule has 1 aromatic carbocycles. The molecule has 0 bridgehead atoms. The SMILES string of the molecule is CC(c1nccs1)n1c(CCCl)nc2cc(F)ccc21. The molecule has 104 valence electrons. The Hall–Kier alpha value is -1.46. The maximum absolute atomic E-state index is 13.4. The smallest absolute Gasteiger partial charge is 0.125 e. The van der Waals surface area contributed by atoms with Gasteiger partial charge in [0.25, 0.3) is 0 Å². The summed E-state index contributed by atoms with van der Waals surface area (Å²) in [5, 5.41) is 2.95. The van der Waals surface area contributed by atoms with Gasteiger partial charge in [0.05, 0.1) is 17.1 Å². The fourth-order valence-electron chi connectivity index (χ4n) is 2.37. The van der Waals surface area contributed by atoms with Crippen molar-refractivity contribution >= 4 is 34.0 Å². The van der Waals surface area contributed by atoms with Crippen molar-refractivity contribution in [1.29, 1.82) is 0 Å². The number of fused-ring (bicyclic) bond motifs is 1. The number of nitrogens with zero attached hydrogens (tertiary/aromatic N) is 3. The van der Waals surface area contributed by atoms with Gasteiger partial charge < -0.3 is 4.57 Å². The molecule has 6 heteroatoms. The molecule has 0 N–H and O–H groups in total. The van der Waals surface area contributed by atoms with Gasteiger partial charge in [-0.2, -0.15) is 0 Å². The van der Waals surface area contributed by atoms with Crippen molar-refractivity contribution < 1.29 is 4.39 Å². The van der Waals surface area contributed by atoms with Gasteiger partial charge in [-0.05, 0) is 19.1 Å². The summed E-state index contributed by atoms with van der Waals surface area (Å²) in [7, 11) is 0. The zero-order valence-electron chi connectivity index (χ0n) is 10.9. The lowest BCUT2D eigenvalue weighted by Crippen LogP contribution is -2.11. The maximum atomic E-state index is 13.4. The number of hydrogen-bond acceptors (Lipinski definition) is 3. The lowest BCUT2D eigenvalue weighted by atomic mass is 10.2. The number of aryl methyl sites for hydroxylation is 1. The van der Waals surface area contributed by atoms with E-state index in [0.717, 1.165) is 16.3 Å². The molecule has 3 nitrogen and oxygen atoms in total. The second-order valence-corrected chi connectivity index (χ2v) is 5.82. The van der Waals surface area contributed by atoms with Gasteiger partial charge in [0, 0.05) is 29.9 Å². The van der Waals surface area contributed by atoms with E-state index in [9.17, 15) is 4.39 Å². The first-order chi connectivity index (χ1) is 9.70. The van der Waals surface area contributed by atoms with Crippen molar-refractivity contribution in [1.82, 2.24) is 14.5 Å². The minimum atomic E-state index is -0.276. The molecular weight excluding hydrogens is 297 g/mol. The van der Waals surface area contributed by atoms with Gasteiger partial charge in [0.15, 0.2) is 0 Å². The van der Waals surface area contributed by atoms with Crippen LogP contribution in [-0.4, -0.2) is 20.4 Å². The molecule has 0 radical (unpaired) electrons. The third kappa shape index (κ3) is 2.31. The van der Waals surface area contributed by atoms with Crippen molar-refractivity contribution in [3.05, 3.63) is 46.4 Å². The average Bonchev–Trinajstić information content (AvgIpc) is 3.05. The van der Waals surface area contributed by atoms with Crippen molar-refractivity contribution in [3.63, 3.8) is 0 Å². The summed E-state index contributed by atoms with van der Waals surface area (Å²) < 4.78 is 15.4. The predicted octanol–water partition coefficient (Wildman–Crippen LogP) is 4.02. The molecule has 0 fully saturated rings. The summed E-state index contributed by atoms with van der Waals surface area (Å²) in [6, 6.07) is 4.74. The van der Waals surface area contributed by atoms with E-state index in [4.69, 9.17) is 11.6 Å². The Morgan fingerprint density at radius 2 is 2.30 bits per heavy atom. The molecule has 0 spiro atoms. The van der Waals surface area contributed by atoms with E-state index in [2.05, 4.69) is 21.5 Å². The van der Waals surface area contributed by atoms with E-state index < -0.39 is 0 Å². The Balaban J connectivity index is 2.18. The van der Waals surface area contributed by atoms with Crippen LogP contribution in [-0.2, 0) is 6.42 Å². The van der Waals surface area contributed by atoms with E-state index in [1.165, 1.54) is 12.1 Å². The first-order valence-electron chi connectivity index (χ1n) is 6.32. The molecule has 0 saturated heterocycles. The molecule has 3 aromatic rings. The van der Waals surface area contributed by atoms with Crippen molar-refractivity contribution in [3.8, 4) is 0 Å². The standard InChI is InChI=1S/C14H13ClFN3S/c1-9(14-17-6-7-20-14)19-12-3-2-10(16)8-11(12)18-13(19)4-5-15/h2-3,6-9H,4-5H2,1H3. The molecule has 2 heterocycles. The third-order valence-electron chi connectivity index (χ3n) is 3.24. The summed E-state index contributed by atoms with van der Waals surface area (Å²) in [6.07, 6.45) is 2.43. The van der Waals surface area contributed by atoms with Crippen LogP contribution in [0.25, 0.3) is 11.0 Å². The van der Waals surface area contributed by atoms with Crippen LogP contribution in [0, 0.1) is 5.82 Å². The quantitative estimate of drug-likeness (QED) is 0.681. The summed E-state index contributed by atoms with van der Waals surface area (Å²) in [4.78, 5) is 8.87. The van der Waals surface area contributed by atoms with Crippen LogP contribution in [0.5, 0.6) is 0 Å². The Bertz CT molecular complexity index is 723. The molecule has 0 aliphatic rings. The number of hydrogen-bond donors (Lipinski definition) is 0. The summed E-state index contributed by atoms with van der Waals surface area (Å²) in [6.45, 7) is 2.07. The normalized spacial score (nSPS) is 12.9. The van der Waals surface area contributed by atoms with Crippen LogP contribution in [0.1, 0.15) is 23.8 Å². The predicted molar refractivity (Wildman–Crippen MR) is 80.0 cm³/mol. The van der Waals surface area contributed by atoms with E-state index >= 15 is 0 Å². The van der Waals surface area contributed by atoms with E-state index in [-0.39, 0.29) is 11.9 Å². The number of imidazole rings is 1. The molecule has 0 aliphatic carbocycles. The monoisotopic (exact) mass is 309 g/mol. The van der Waals surface area contributed by atoms with Gasteiger partial charge in [-0.1, -0.05) is 0 Å². The van der Waals surface area contributed by atoms with Crippen LogP contribution in [0.15, 0.2) is 29.8 Å². The van der Waals surface area contributed by atoms with Gasteiger partial charge >= 0.3 is 0 Å². The van der Waals surface area contributed by atoms with Crippen LogP contribution in [0.3, 0.4) is 0 Å². The summed E-state index contributed by atoms with van der Waals surface area (Å²) >= 11 is 7.46. The highest BCUT2D eigenvalue weighted by Gasteiger charge is 2.18. The highest BCUT2D eigenvalue weighted by molar-refractivity contribution is 7.09. The number of alkyl halides is 1. The zero-order chi connectivity index (χ0) is 14.1. The molecule has 0 saturated carbocycles. The molecule has 3 rings (SSSR count). The second kappa shape index (κ2) is 5.50. The number of benzene rings is 1. The lowest BCUT2D eigenvalue weighted by molar-refractivity contribution is 0.618. The van der Waals surface area contributed by atoms with E-state index in [1.807, 2.05) is 5.38 Å². The Labute approximate surface area is 125 Å². The summed E-state index contributed by atoms with van der Waals surface area (Å²) in [5.41, 5.74) is 1.57. The molecule has 20 heavy (non-hydrogen) atoms. The van der Waals surface area contributed by atoms with E-state index in [0.29, 0.717) is 17.8 Å². The van der Waals surface area contributed by atoms with Gasteiger partial charge in [0.1, 0.15) is 16.6 Å². The van der Waals surface area contributed by atoms with Gasteiger partial charge in [-0.3, -0.25) is 0 Å². The minimum Gasteiger partial charge on any atom is -0.318 e. The molecule has 1 unspecified atom stereocenters. The van der Waals surface area contributed by atoms with Crippen molar-refractivity contribution in [2.45, 2.75) is 19.4 Å². The Kier molecular flexibility index (Phi) is 3.72. The Morgan fingerprint density at radius 1 is 1.45 bits per heavy atom. The molecular formula is C14H13ClFN3S. The van der Waals surface area contributed by atoms with Crippen molar-refractivity contribution in [2.24, 2.45) is 0 Å². The highest BCUT2D eigenvalue weighted by atomic mass is 35.5. The topological polar surface area (TPSA) is 30.7 Å². The van der Waals surface area contributed by atoms with Crippen LogP contribution >= 0.6 is 22.9 Å². The zero-order valence-corrected chi connectivity index (χ0v) is 12.5. The van der Waals surface area contributed by atoms with Gasteiger partial charge in [-0.15, -0.1) is 22.9 Å². The highest BCUT2D eigenvalue weighted by Crippen LogP contribution is 2.27. The number of thiazole rings is 1. The largest absolute Gasteiger partial charge is 0.318 e. The number of halogens is 2. The fraction of sp³-hybridized carbons (Fsp3) is 0.286. The van der Waals surface area contributed by atoms with Gasteiger partial charge in [0.2, 0.25) is 0 Å². The summed E-state index contributed by atoms with van der Waals surface area (Å²) in [5.74, 6) is 1.07. The van der Waals surface area contributed by atoms with Crippen LogP contribution in [0.4, 0.5) is 4.39 Å². The van der Waals surface area contributed by atoms with Crippen LogP contribution < -0.4 is 0 Å². The minimum absolute atomic E-state index is 0.0590. The molecule has 0 amide bonds. The third-order valence-corrected chi connectivity index (χ3v) is 4.37. The second-order valence-electron chi connectivity index (χ2n) is 4.52. The lowest BCUT2D eigenvalue weighted by Gasteiger charge is -2.15. The van der Waals surface area contributed by atoms with Crippen LogP contribution in [0.2, 0.25) is 0 Å². The number of rotatable bonds is 4. The van der Waals surface area contributed by atoms with Gasteiger partial charge in [-0.25, -0.2) is 14.4 Å². The number of aromatic nitrogens is 3. The molecule has 1 atom stereocenters. The Morgan fingerprint density at radius 3 is 3.00 bits per heavy atom. The first-order valence-corrected chi connectivity index (χ1v) is 7.74.